The van der Waals surface area contributed by atoms with Crippen molar-refractivity contribution in [1.29, 1.82) is 0 Å². The van der Waals surface area contributed by atoms with Crippen LogP contribution in [-0.2, 0) is 25.7 Å². The Hall–Kier alpha value is -3.34. The van der Waals surface area contributed by atoms with Crippen LogP contribution in [0.2, 0.25) is 0 Å². The van der Waals surface area contributed by atoms with Crippen molar-refractivity contribution in [2.24, 2.45) is 11.7 Å². The number of carbonyl (C=O) groups is 2. The Morgan fingerprint density at radius 2 is 1.87 bits per heavy atom. The lowest BCUT2D eigenvalue weighted by Crippen LogP contribution is -2.59. The number of nitrogens with two attached hydrogens (primary N) is 1. The number of piperidine rings is 1. The summed E-state index contributed by atoms with van der Waals surface area (Å²) in [5.74, 6) is 1.47. The summed E-state index contributed by atoms with van der Waals surface area (Å²) >= 11 is 0. The molecule has 46 heavy (non-hydrogen) atoms. The molecule has 4 rings (SSSR count). The highest BCUT2D eigenvalue weighted by Crippen LogP contribution is 2.39. The molecule has 3 N–H and O–H groups in total. The maximum absolute atomic E-state index is 13.9. The molecular weight excluding hydrogens is 584 g/mol. The summed E-state index contributed by atoms with van der Waals surface area (Å²) in [5, 5.41) is 3.07. The third-order valence-corrected chi connectivity index (χ3v) is 9.11. The lowest BCUT2D eigenvalue weighted by atomic mass is 9.78. The van der Waals surface area contributed by atoms with E-state index in [0.29, 0.717) is 39.2 Å². The summed E-state index contributed by atoms with van der Waals surface area (Å²) in [6, 6.07) is 13.6. The Kier molecular flexibility index (Phi) is 12.3. The maximum Gasteiger partial charge on any atom is 0.240 e. The molecule has 0 aliphatic carbocycles. The highest BCUT2D eigenvalue weighted by molar-refractivity contribution is 5.82. The van der Waals surface area contributed by atoms with Crippen molar-refractivity contribution in [1.82, 2.24) is 10.2 Å². The van der Waals surface area contributed by atoms with E-state index in [-0.39, 0.29) is 35.8 Å². The van der Waals surface area contributed by atoms with Gasteiger partial charge in [0.25, 0.3) is 0 Å². The second kappa shape index (κ2) is 16.0. The zero-order chi connectivity index (χ0) is 33.4. The van der Waals surface area contributed by atoms with E-state index in [0.717, 1.165) is 47.8 Å². The minimum absolute atomic E-state index is 0.00913. The first-order valence-corrected chi connectivity index (χ1v) is 16.5. The number of methoxy groups -OCH3 is 2. The average Bonchev–Trinajstić information content (AvgIpc) is 3.02. The third-order valence-electron chi connectivity index (χ3n) is 9.11. The van der Waals surface area contributed by atoms with Crippen molar-refractivity contribution in [3.63, 3.8) is 0 Å². The molecule has 0 aromatic heterocycles. The van der Waals surface area contributed by atoms with E-state index in [2.05, 4.69) is 34.5 Å². The van der Waals surface area contributed by atoms with Crippen molar-refractivity contribution in [2.75, 3.05) is 52.0 Å². The van der Waals surface area contributed by atoms with Crippen LogP contribution in [0.3, 0.4) is 0 Å². The van der Waals surface area contributed by atoms with Gasteiger partial charge in [-0.25, -0.2) is 0 Å². The van der Waals surface area contributed by atoms with Crippen molar-refractivity contribution >= 4 is 17.5 Å². The Balaban J connectivity index is 1.63. The van der Waals surface area contributed by atoms with E-state index in [1.165, 1.54) is 6.92 Å². The fourth-order valence-electron chi connectivity index (χ4n) is 6.71. The Bertz CT molecular complexity index is 1300. The van der Waals surface area contributed by atoms with E-state index < -0.39 is 11.6 Å². The molecule has 4 atom stereocenters. The average molecular weight is 639 g/mol. The number of carbonyl (C=O) groups excluding carboxylic acids is 2. The van der Waals surface area contributed by atoms with Crippen LogP contribution in [0, 0.1) is 5.92 Å². The molecule has 2 aromatic carbocycles. The molecule has 0 bridgehead atoms. The minimum Gasteiger partial charge on any atom is -0.497 e. The van der Waals surface area contributed by atoms with Gasteiger partial charge in [-0.3, -0.25) is 9.59 Å². The molecular formula is C36H54N4O6. The number of hydrogen-bond donors (Lipinski definition) is 2. The molecule has 1 unspecified atom stereocenters. The number of likely N-dealkylation sites (tertiary alicyclic amines) is 1. The lowest BCUT2D eigenvalue weighted by molar-refractivity contribution is -0.144. The number of rotatable bonds is 14. The first-order valence-electron chi connectivity index (χ1n) is 16.5. The monoisotopic (exact) mass is 638 g/mol. The highest BCUT2D eigenvalue weighted by Gasteiger charge is 2.43. The Labute approximate surface area is 274 Å². The normalized spacial score (nSPS) is 20.6. The summed E-state index contributed by atoms with van der Waals surface area (Å²) < 4.78 is 23.4. The number of nitrogens with one attached hydrogen (secondary N) is 1. The fraction of sp³-hybridized carbons (Fsp3) is 0.611. The molecule has 2 aromatic rings. The smallest absolute Gasteiger partial charge is 0.240 e. The molecule has 10 heteroatoms. The second-order valence-corrected chi connectivity index (χ2v) is 13.6. The zero-order valence-electron chi connectivity index (χ0n) is 28.7. The van der Waals surface area contributed by atoms with Gasteiger partial charge in [-0.05, 0) is 74.4 Å². The number of ether oxygens (including phenoxy) is 4. The van der Waals surface area contributed by atoms with Gasteiger partial charge in [-0.1, -0.05) is 32.0 Å². The quantitative estimate of drug-likeness (QED) is 0.291. The van der Waals surface area contributed by atoms with Gasteiger partial charge in [-0.15, -0.1) is 0 Å². The summed E-state index contributed by atoms with van der Waals surface area (Å²) in [6.45, 7) is 13.3. The van der Waals surface area contributed by atoms with Gasteiger partial charge in [0.1, 0.15) is 18.1 Å². The summed E-state index contributed by atoms with van der Waals surface area (Å²) in [4.78, 5) is 30.2. The topological polar surface area (TPSA) is 116 Å². The number of anilines is 1. The van der Waals surface area contributed by atoms with Gasteiger partial charge in [-0.2, -0.15) is 0 Å². The van der Waals surface area contributed by atoms with Gasteiger partial charge in [0.2, 0.25) is 11.8 Å². The Morgan fingerprint density at radius 3 is 2.52 bits per heavy atom. The van der Waals surface area contributed by atoms with Gasteiger partial charge >= 0.3 is 0 Å². The fourth-order valence-corrected chi connectivity index (χ4v) is 6.71. The second-order valence-electron chi connectivity index (χ2n) is 13.6. The van der Waals surface area contributed by atoms with Crippen LogP contribution in [0.15, 0.2) is 42.5 Å². The van der Waals surface area contributed by atoms with E-state index in [4.69, 9.17) is 24.7 Å². The molecule has 2 aliphatic rings. The Morgan fingerprint density at radius 1 is 1.13 bits per heavy atom. The van der Waals surface area contributed by atoms with Crippen LogP contribution < -0.4 is 25.4 Å². The van der Waals surface area contributed by atoms with Crippen molar-refractivity contribution in [2.45, 2.75) is 90.1 Å². The first kappa shape index (κ1) is 35.5. The molecule has 254 valence electrons. The minimum atomic E-state index is -0.630. The van der Waals surface area contributed by atoms with Gasteiger partial charge in [0, 0.05) is 51.2 Å². The SMILES string of the molecule is COCCCN1CCOc2ccc(CO[C@H]3CN(C(=O)C(N)C(C)C)[C@@H](CC(C)(C)NC(C)=O)C[C@@H]3c3ccc(OC)cc3)cc21. The summed E-state index contributed by atoms with van der Waals surface area (Å²) in [5.41, 5.74) is 9.18. The van der Waals surface area contributed by atoms with E-state index >= 15 is 0 Å². The predicted octanol–water partition coefficient (Wildman–Crippen LogP) is 4.49. The van der Waals surface area contributed by atoms with Crippen LogP contribution in [-0.4, -0.2) is 87.5 Å². The molecule has 0 radical (unpaired) electrons. The molecule has 2 amide bonds. The van der Waals surface area contributed by atoms with E-state index in [9.17, 15) is 9.59 Å². The number of amides is 2. The van der Waals surface area contributed by atoms with Crippen molar-refractivity contribution in [3.8, 4) is 11.5 Å². The molecule has 10 nitrogen and oxygen atoms in total. The molecule has 0 saturated carbocycles. The van der Waals surface area contributed by atoms with Gasteiger partial charge in [0.15, 0.2) is 0 Å². The molecule has 1 fully saturated rings. The first-order chi connectivity index (χ1) is 21.9. The highest BCUT2D eigenvalue weighted by atomic mass is 16.5. The molecule has 1 saturated heterocycles. The number of benzene rings is 2. The van der Waals surface area contributed by atoms with Crippen LogP contribution in [0.5, 0.6) is 11.5 Å². The zero-order valence-corrected chi connectivity index (χ0v) is 28.7. The van der Waals surface area contributed by atoms with Crippen LogP contribution in [0.4, 0.5) is 5.69 Å². The van der Waals surface area contributed by atoms with Crippen molar-refractivity contribution in [3.05, 3.63) is 53.6 Å². The van der Waals surface area contributed by atoms with Crippen molar-refractivity contribution < 1.29 is 28.5 Å². The van der Waals surface area contributed by atoms with Crippen LogP contribution in [0.25, 0.3) is 0 Å². The standard InChI is InChI=1S/C36H54N4O6/c1-24(2)34(37)35(42)40-22-33(46-23-26-9-14-32-31(19-26)39(16-18-45-32)15-8-17-43-6)30(27-10-12-29(44-7)13-11-27)20-28(40)21-36(4,5)38-25(3)41/h9-14,19,24,28,30,33-34H,8,15-18,20-23,37H2,1-7H3,(H,38,41)/t28-,30-,33+,34?/m1/s1. The number of nitrogens with zero attached hydrogens (tertiary/aromatic N) is 2. The van der Waals surface area contributed by atoms with E-state index in [1.54, 1.807) is 14.2 Å². The largest absolute Gasteiger partial charge is 0.497 e. The van der Waals surface area contributed by atoms with Gasteiger partial charge < -0.3 is 39.8 Å². The molecule has 2 aliphatic heterocycles. The van der Waals surface area contributed by atoms with E-state index in [1.807, 2.05) is 50.8 Å². The summed E-state index contributed by atoms with van der Waals surface area (Å²) in [6.07, 6.45) is 1.92. The third kappa shape index (κ3) is 9.14. The molecule has 0 spiro atoms. The summed E-state index contributed by atoms with van der Waals surface area (Å²) in [7, 11) is 3.38. The predicted molar refractivity (Wildman–Crippen MR) is 180 cm³/mol. The number of hydrogen-bond acceptors (Lipinski definition) is 8. The lowest BCUT2D eigenvalue weighted by Gasteiger charge is -2.47. The van der Waals surface area contributed by atoms with Crippen LogP contribution >= 0.6 is 0 Å². The number of fused-ring (bicyclic) bond motifs is 1. The molecule has 2 heterocycles. The van der Waals surface area contributed by atoms with Crippen LogP contribution in [0.1, 0.15) is 70.9 Å². The maximum atomic E-state index is 13.9. The van der Waals surface area contributed by atoms with Gasteiger partial charge in [0.05, 0.1) is 38.1 Å².